The Morgan fingerprint density at radius 1 is 1.08 bits per heavy atom. The molecule has 0 aliphatic carbocycles. The van der Waals surface area contributed by atoms with Crippen molar-refractivity contribution in [2.45, 2.75) is 6.92 Å². The van der Waals surface area contributed by atoms with Gasteiger partial charge in [0.25, 0.3) is 0 Å². The summed E-state index contributed by atoms with van der Waals surface area (Å²) in [5.41, 5.74) is 1.21. The Morgan fingerprint density at radius 3 is 2.27 bits per heavy atom. The van der Waals surface area contributed by atoms with Crippen molar-refractivity contribution in [2.75, 3.05) is 23.9 Å². The summed E-state index contributed by atoms with van der Waals surface area (Å²) < 4.78 is 4.63. The molecule has 0 bridgehead atoms. The van der Waals surface area contributed by atoms with Crippen LogP contribution in [0.25, 0.3) is 0 Å². The number of hydrogen-bond acceptors (Lipinski definition) is 4. The Morgan fingerprint density at radius 2 is 1.73 bits per heavy atom. The first-order valence-electron chi connectivity index (χ1n) is 7.53. The highest BCUT2D eigenvalue weighted by Crippen LogP contribution is 2.25. The Hall–Kier alpha value is -2.57. The summed E-state index contributed by atoms with van der Waals surface area (Å²) in [4.78, 5) is 37.0. The number of esters is 1. The fraction of sp³-hybridized carbons (Fsp3) is 0.167. The van der Waals surface area contributed by atoms with Gasteiger partial charge >= 0.3 is 5.97 Å². The van der Waals surface area contributed by atoms with Crippen LogP contribution < -0.4 is 10.2 Å². The number of hydrogen-bond donors (Lipinski definition) is 1. The Kier molecular flexibility index (Phi) is 6.60. The predicted octanol–water partition coefficient (Wildman–Crippen LogP) is 3.77. The maximum absolute atomic E-state index is 12.3. The lowest BCUT2D eigenvalue weighted by molar-refractivity contribution is -0.120. The third kappa shape index (κ3) is 4.97. The molecule has 1 N–H and O–H groups in total. The molecule has 0 unspecified atom stereocenters. The zero-order valence-corrected chi connectivity index (χ0v) is 15.6. The molecule has 2 aromatic rings. The van der Waals surface area contributed by atoms with Gasteiger partial charge in [0.1, 0.15) is 6.54 Å². The van der Waals surface area contributed by atoms with E-state index < -0.39 is 11.9 Å². The fourth-order valence-electron chi connectivity index (χ4n) is 2.20. The molecule has 26 heavy (non-hydrogen) atoms. The quantitative estimate of drug-likeness (QED) is 0.782. The Bertz CT molecular complexity index is 838. The molecule has 2 rings (SSSR count). The van der Waals surface area contributed by atoms with E-state index in [2.05, 4.69) is 10.1 Å². The molecule has 0 aliphatic rings. The third-order valence-corrected chi connectivity index (χ3v) is 4.03. The number of carbonyl (C=O) groups excluding carboxylic acids is 3. The van der Waals surface area contributed by atoms with Gasteiger partial charge in [-0.15, -0.1) is 0 Å². The van der Waals surface area contributed by atoms with E-state index in [1.165, 1.54) is 37.1 Å². The number of ether oxygens (including phenoxy) is 1. The van der Waals surface area contributed by atoms with Crippen molar-refractivity contribution in [3.05, 3.63) is 58.1 Å². The molecule has 0 radical (unpaired) electrons. The number of rotatable bonds is 5. The molecule has 136 valence electrons. The van der Waals surface area contributed by atoms with Crippen LogP contribution in [0.15, 0.2) is 42.5 Å². The van der Waals surface area contributed by atoms with Crippen LogP contribution in [0.4, 0.5) is 11.4 Å². The van der Waals surface area contributed by atoms with Gasteiger partial charge in [-0.05, 0) is 42.5 Å². The largest absolute Gasteiger partial charge is 0.465 e. The van der Waals surface area contributed by atoms with Gasteiger partial charge in [0.05, 0.1) is 23.4 Å². The van der Waals surface area contributed by atoms with Gasteiger partial charge in [0, 0.05) is 17.6 Å². The van der Waals surface area contributed by atoms with Gasteiger partial charge in [-0.2, -0.15) is 0 Å². The summed E-state index contributed by atoms with van der Waals surface area (Å²) in [6.07, 6.45) is 0. The molecule has 6 nitrogen and oxygen atoms in total. The third-order valence-electron chi connectivity index (χ3n) is 3.49. The van der Waals surface area contributed by atoms with Crippen molar-refractivity contribution in [3.8, 4) is 0 Å². The molecular weight excluding hydrogens is 379 g/mol. The smallest absolute Gasteiger partial charge is 0.337 e. The molecule has 8 heteroatoms. The number of benzene rings is 2. The van der Waals surface area contributed by atoms with E-state index in [4.69, 9.17) is 23.2 Å². The minimum absolute atomic E-state index is 0.216. The highest BCUT2D eigenvalue weighted by atomic mass is 35.5. The first kappa shape index (κ1) is 19.8. The number of anilines is 2. The van der Waals surface area contributed by atoms with Crippen molar-refractivity contribution < 1.29 is 19.1 Å². The molecule has 0 aromatic heterocycles. The van der Waals surface area contributed by atoms with Gasteiger partial charge in [0.2, 0.25) is 11.8 Å². The monoisotopic (exact) mass is 394 g/mol. The number of nitrogens with zero attached hydrogens (tertiary/aromatic N) is 1. The molecule has 0 fully saturated rings. The molecule has 0 atom stereocenters. The highest BCUT2D eigenvalue weighted by Gasteiger charge is 2.17. The normalized spacial score (nSPS) is 10.2. The fourth-order valence-corrected chi connectivity index (χ4v) is 2.66. The van der Waals surface area contributed by atoms with Crippen LogP contribution in [-0.2, 0) is 14.3 Å². The van der Waals surface area contributed by atoms with Crippen LogP contribution in [-0.4, -0.2) is 31.4 Å². The van der Waals surface area contributed by atoms with E-state index in [-0.39, 0.29) is 12.5 Å². The number of methoxy groups -OCH3 is 1. The molecule has 0 saturated carbocycles. The number of amides is 2. The van der Waals surface area contributed by atoms with Crippen molar-refractivity contribution in [3.63, 3.8) is 0 Å². The minimum Gasteiger partial charge on any atom is -0.465 e. The zero-order valence-electron chi connectivity index (χ0n) is 14.1. The van der Waals surface area contributed by atoms with E-state index in [1.54, 1.807) is 24.3 Å². The second kappa shape index (κ2) is 8.69. The highest BCUT2D eigenvalue weighted by molar-refractivity contribution is 6.36. The summed E-state index contributed by atoms with van der Waals surface area (Å²) >= 11 is 11.8. The Balaban J connectivity index is 2.13. The van der Waals surface area contributed by atoms with Crippen molar-refractivity contribution in [1.29, 1.82) is 0 Å². The summed E-state index contributed by atoms with van der Waals surface area (Å²) in [6.45, 7) is 1.13. The maximum atomic E-state index is 12.3. The lowest BCUT2D eigenvalue weighted by atomic mass is 10.2. The lowest BCUT2D eigenvalue weighted by Gasteiger charge is -2.21. The van der Waals surface area contributed by atoms with Crippen molar-refractivity contribution in [2.24, 2.45) is 0 Å². The zero-order chi connectivity index (χ0) is 19.3. The topological polar surface area (TPSA) is 75.7 Å². The van der Waals surface area contributed by atoms with Gasteiger partial charge in [0.15, 0.2) is 0 Å². The van der Waals surface area contributed by atoms with Crippen LogP contribution >= 0.6 is 23.2 Å². The lowest BCUT2D eigenvalue weighted by Crippen LogP contribution is -2.36. The molecule has 0 heterocycles. The molecule has 0 saturated heterocycles. The number of halogens is 2. The SMILES string of the molecule is COC(=O)c1ccc(N(CC(=O)Nc2ccc(Cl)cc2Cl)C(C)=O)cc1. The second-order valence-corrected chi connectivity index (χ2v) is 6.16. The number of carbonyl (C=O) groups is 3. The van der Waals surface area contributed by atoms with E-state index in [1.807, 2.05) is 0 Å². The molecular formula is C18H16Cl2N2O4. The van der Waals surface area contributed by atoms with Crippen molar-refractivity contribution in [1.82, 2.24) is 0 Å². The van der Waals surface area contributed by atoms with Crippen LogP contribution in [0.1, 0.15) is 17.3 Å². The summed E-state index contributed by atoms with van der Waals surface area (Å²) in [5, 5.41) is 3.38. The van der Waals surface area contributed by atoms with Gasteiger partial charge < -0.3 is 15.0 Å². The van der Waals surface area contributed by atoms with Crippen LogP contribution in [0, 0.1) is 0 Å². The van der Waals surface area contributed by atoms with Gasteiger partial charge in [-0.3, -0.25) is 9.59 Å². The maximum Gasteiger partial charge on any atom is 0.337 e. The summed E-state index contributed by atoms with van der Waals surface area (Å²) in [5.74, 6) is -1.24. The summed E-state index contributed by atoms with van der Waals surface area (Å²) in [7, 11) is 1.28. The first-order chi connectivity index (χ1) is 12.3. The van der Waals surface area contributed by atoms with E-state index >= 15 is 0 Å². The average molecular weight is 395 g/mol. The molecule has 0 spiro atoms. The second-order valence-electron chi connectivity index (χ2n) is 5.32. The average Bonchev–Trinajstić information content (AvgIpc) is 2.61. The molecule has 2 amide bonds. The minimum atomic E-state index is -0.485. The van der Waals surface area contributed by atoms with E-state index in [0.717, 1.165) is 0 Å². The van der Waals surface area contributed by atoms with Gasteiger partial charge in [-0.1, -0.05) is 23.2 Å². The molecule has 2 aromatic carbocycles. The van der Waals surface area contributed by atoms with Crippen LogP contribution in [0.3, 0.4) is 0 Å². The van der Waals surface area contributed by atoms with Crippen molar-refractivity contribution >= 4 is 52.4 Å². The summed E-state index contributed by atoms with van der Waals surface area (Å²) in [6, 6.07) is 10.8. The van der Waals surface area contributed by atoms with Gasteiger partial charge in [-0.25, -0.2) is 4.79 Å². The predicted molar refractivity (Wildman–Crippen MR) is 101 cm³/mol. The van der Waals surface area contributed by atoms with E-state index in [9.17, 15) is 14.4 Å². The Labute approximate surface area is 160 Å². The number of nitrogens with one attached hydrogen (secondary N) is 1. The van der Waals surface area contributed by atoms with Crippen LogP contribution in [0.5, 0.6) is 0 Å². The van der Waals surface area contributed by atoms with E-state index in [0.29, 0.717) is 27.0 Å². The first-order valence-corrected chi connectivity index (χ1v) is 8.29. The molecule has 0 aliphatic heterocycles. The van der Waals surface area contributed by atoms with Crippen LogP contribution in [0.2, 0.25) is 10.0 Å². The standard InChI is InChI=1S/C18H16Cl2N2O4/c1-11(23)22(14-6-3-12(4-7-14)18(25)26-2)10-17(24)21-16-8-5-13(19)9-15(16)20/h3-9H,10H2,1-2H3,(H,21,24).